The minimum Gasteiger partial charge on any atom is -0.361 e. The number of ether oxygens (including phenoxy) is 1. The van der Waals surface area contributed by atoms with Crippen molar-refractivity contribution >= 4 is 11.8 Å². The Kier molecular flexibility index (Phi) is 6.09. The topological polar surface area (TPSA) is 71.5 Å². The van der Waals surface area contributed by atoms with Gasteiger partial charge in [-0.1, -0.05) is 48.5 Å². The second-order valence-electron chi connectivity index (χ2n) is 7.59. The van der Waals surface area contributed by atoms with E-state index >= 15 is 0 Å². The summed E-state index contributed by atoms with van der Waals surface area (Å²) in [4.78, 5) is 32.1. The van der Waals surface area contributed by atoms with Crippen molar-refractivity contribution in [1.29, 1.82) is 0 Å². The molecule has 1 aromatic heterocycles. The van der Waals surface area contributed by atoms with Crippen LogP contribution in [-0.4, -0.2) is 54.0 Å². The monoisotopic (exact) mass is 415 g/mol. The van der Waals surface area contributed by atoms with E-state index in [0.29, 0.717) is 25.1 Å². The molecule has 2 amide bonds. The molecule has 1 aliphatic rings. The van der Waals surface area contributed by atoms with Crippen LogP contribution < -0.4 is 5.32 Å². The Balaban J connectivity index is 1.67. The zero-order chi connectivity index (χ0) is 21.7. The first-order valence-electron chi connectivity index (χ1n) is 10.3. The van der Waals surface area contributed by atoms with Crippen molar-refractivity contribution < 1.29 is 14.3 Å². The molecule has 2 aromatic carbocycles. The fourth-order valence-electron chi connectivity index (χ4n) is 4.06. The van der Waals surface area contributed by atoms with Gasteiger partial charge in [0.05, 0.1) is 13.2 Å². The quantitative estimate of drug-likeness (QED) is 0.696. The molecule has 4 rings (SSSR count). The number of carbonyl (C=O) groups excluding carboxylic acids is 2. The molecule has 1 aliphatic heterocycles. The molecule has 1 fully saturated rings. The van der Waals surface area contributed by atoms with Crippen LogP contribution in [0.4, 0.5) is 0 Å². The SMILES string of the molecule is CNC(=O)[C@]1(Cc2ccccc2-c2cccnc2)CN(C(=O)c2ccccc2)CCO1. The standard InChI is InChI=1S/C25H25N3O3/c1-26-24(30)25(16-20-10-5-6-12-22(20)21-11-7-13-27-17-21)18-28(14-15-31-25)23(29)19-8-3-2-4-9-19/h2-13,17H,14-16,18H2,1H3,(H,26,30)/t25-/m0/s1. The van der Waals surface area contributed by atoms with Crippen molar-refractivity contribution in [3.05, 3.63) is 90.3 Å². The number of benzene rings is 2. The molecule has 0 bridgehead atoms. The minimum absolute atomic E-state index is 0.0993. The molecule has 1 saturated heterocycles. The number of morpholine rings is 1. The highest BCUT2D eigenvalue weighted by molar-refractivity contribution is 5.95. The predicted octanol–water partition coefficient (Wildman–Crippen LogP) is 2.95. The van der Waals surface area contributed by atoms with E-state index in [1.165, 1.54) is 0 Å². The maximum Gasteiger partial charge on any atom is 0.254 e. The molecule has 0 radical (unpaired) electrons. The van der Waals surface area contributed by atoms with Gasteiger partial charge in [-0.25, -0.2) is 0 Å². The minimum atomic E-state index is -1.17. The average Bonchev–Trinajstić information content (AvgIpc) is 2.84. The van der Waals surface area contributed by atoms with E-state index in [1.54, 1.807) is 36.5 Å². The van der Waals surface area contributed by atoms with Gasteiger partial charge in [-0.3, -0.25) is 14.6 Å². The molecule has 1 atom stereocenters. The van der Waals surface area contributed by atoms with Crippen molar-refractivity contribution in [2.24, 2.45) is 0 Å². The van der Waals surface area contributed by atoms with Gasteiger partial charge < -0.3 is 15.0 Å². The number of rotatable bonds is 5. The highest BCUT2D eigenvalue weighted by Crippen LogP contribution is 2.30. The van der Waals surface area contributed by atoms with E-state index in [2.05, 4.69) is 10.3 Å². The number of amides is 2. The Morgan fingerprint density at radius 1 is 1.06 bits per heavy atom. The number of hydrogen-bond donors (Lipinski definition) is 1. The largest absolute Gasteiger partial charge is 0.361 e. The third-order valence-electron chi connectivity index (χ3n) is 5.60. The molecular formula is C25H25N3O3. The zero-order valence-corrected chi connectivity index (χ0v) is 17.5. The first-order chi connectivity index (χ1) is 15.1. The van der Waals surface area contributed by atoms with E-state index < -0.39 is 5.60 Å². The van der Waals surface area contributed by atoms with Crippen LogP contribution in [0, 0.1) is 0 Å². The normalized spacial score (nSPS) is 18.4. The Labute approximate surface area is 181 Å². The number of aromatic nitrogens is 1. The molecule has 0 unspecified atom stereocenters. The van der Waals surface area contributed by atoms with Gasteiger partial charge in [0.15, 0.2) is 5.60 Å². The van der Waals surface area contributed by atoms with Crippen molar-refractivity contribution in [2.45, 2.75) is 12.0 Å². The van der Waals surface area contributed by atoms with Crippen LogP contribution in [0.15, 0.2) is 79.1 Å². The number of hydrogen-bond acceptors (Lipinski definition) is 4. The summed E-state index contributed by atoms with van der Waals surface area (Å²) in [5.74, 6) is -0.336. The third kappa shape index (κ3) is 4.34. The van der Waals surface area contributed by atoms with Gasteiger partial charge in [0.25, 0.3) is 11.8 Å². The van der Waals surface area contributed by atoms with Crippen molar-refractivity contribution in [3.8, 4) is 11.1 Å². The number of nitrogens with one attached hydrogen (secondary N) is 1. The summed E-state index contributed by atoms with van der Waals surface area (Å²) < 4.78 is 6.11. The number of likely N-dealkylation sites (N-methyl/N-ethyl adjacent to an activating group) is 1. The van der Waals surface area contributed by atoms with Gasteiger partial charge in [0, 0.05) is 43.5 Å². The maximum absolute atomic E-state index is 13.1. The van der Waals surface area contributed by atoms with Gasteiger partial charge in [-0.05, 0) is 29.3 Å². The first kappa shape index (κ1) is 20.8. The number of nitrogens with zero attached hydrogens (tertiary/aromatic N) is 2. The van der Waals surface area contributed by atoms with Crippen LogP contribution in [-0.2, 0) is 16.0 Å². The molecule has 1 N–H and O–H groups in total. The molecule has 31 heavy (non-hydrogen) atoms. The van der Waals surface area contributed by atoms with Gasteiger partial charge in [-0.2, -0.15) is 0 Å². The lowest BCUT2D eigenvalue weighted by atomic mass is 9.87. The summed E-state index contributed by atoms with van der Waals surface area (Å²) in [6.45, 7) is 0.916. The second kappa shape index (κ2) is 9.10. The van der Waals surface area contributed by atoms with Crippen LogP contribution in [0.5, 0.6) is 0 Å². The van der Waals surface area contributed by atoms with Gasteiger partial charge in [0.1, 0.15) is 0 Å². The fourth-order valence-corrected chi connectivity index (χ4v) is 4.06. The molecule has 0 saturated carbocycles. The fraction of sp³-hybridized carbons (Fsp3) is 0.240. The van der Waals surface area contributed by atoms with Crippen molar-refractivity contribution in [1.82, 2.24) is 15.2 Å². The molecule has 6 nitrogen and oxygen atoms in total. The summed E-state index contributed by atoms with van der Waals surface area (Å²) >= 11 is 0. The molecule has 0 aliphatic carbocycles. The highest BCUT2D eigenvalue weighted by Gasteiger charge is 2.45. The Hall–Kier alpha value is -3.51. The number of pyridine rings is 1. The second-order valence-corrected chi connectivity index (χ2v) is 7.59. The van der Waals surface area contributed by atoms with E-state index in [-0.39, 0.29) is 18.4 Å². The van der Waals surface area contributed by atoms with E-state index in [1.807, 2.05) is 54.6 Å². The summed E-state index contributed by atoms with van der Waals surface area (Å²) in [7, 11) is 1.60. The average molecular weight is 415 g/mol. The van der Waals surface area contributed by atoms with Crippen LogP contribution in [0.1, 0.15) is 15.9 Å². The van der Waals surface area contributed by atoms with Crippen LogP contribution in [0.25, 0.3) is 11.1 Å². The van der Waals surface area contributed by atoms with Crippen molar-refractivity contribution in [3.63, 3.8) is 0 Å². The lowest BCUT2D eigenvalue weighted by molar-refractivity contribution is -0.156. The maximum atomic E-state index is 13.1. The summed E-state index contributed by atoms with van der Waals surface area (Å²) in [5, 5.41) is 2.74. The molecule has 3 aromatic rings. The third-order valence-corrected chi connectivity index (χ3v) is 5.60. The van der Waals surface area contributed by atoms with Gasteiger partial charge >= 0.3 is 0 Å². The molecule has 158 valence electrons. The molecular weight excluding hydrogens is 390 g/mol. The van der Waals surface area contributed by atoms with E-state index in [0.717, 1.165) is 16.7 Å². The first-order valence-corrected chi connectivity index (χ1v) is 10.3. The molecule has 6 heteroatoms. The van der Waals surface area contributed by atoms with Crippen LogP contribution in [0.3, 0.4) is 0 Å². The van der Waals surface area contributed by atoms with Gasteiger partial charge in [-0.15, -0.1) is 0 Å². The Morgan fingerprint density at radius 2 is 1.84 bits per heavy atom. The van der Waals surface area contributed by atoms with Gasteiger partial charge in [0.2, 0.25) is 0 Å². The summed E-state index contributed by atoms with van der Waals surface area (Å²) in [6.07, 6.45) is 3.88. The smallest absolute Gasteiger partial charge is 0.254 e. The number of carbonyl (C=O) groups is 2. The Morgan fingerprint density at radius 3 is 2.58 bits per heavy atom. The lowest BCUT2D eigenvalue weighted by Gasteiger charge is -2.41. The van der Waals surface area contributed by atoms with Crippen LogP contribution >= 0.6 is 0 Å². The predicted molar refractivity (Wildman–Crippen MR) is 118 cm³/mol. The van der Waals surface area contributed by atoms with E-state index in [4.69, 9.17) is 4.74 Å². The Bertz CT molecular complexity index is 1060. The highest BCUT2D eigenvalue weighted by atomic mass is 16.5. The molecule has 2 heterocycles. The van der Waals surface area contributed by atoms with E-state index in [9.17, 15) is 9.59 Å². The van der Waals surface area contributed by atoms with Crippen molar-refractivity contribution in [2.75, 3.05) is 26.7 Å². The summed E-state index contributed by atoms with van der Waals surface area (Å²) in [6, 6.07) is 20.9. The zero-order valence-electron chi connectivity index (χ0n) is 17.5. The molecule has 0 spiro atoms. The van der Waals surface area contributed by atoms with Crippen LogP contribution in [0.2, 0.25) is 0 Å². The lowest BCUT2D eigenvalue weighted by Crippen LogP contribution is -2.61. The summed E-state index contributed by atoms with van der Waals surface area (Å²) in [5.41, 5.74) is 2.36.